The maximum absolute atomic E-state index is 12.2. The molecule has 5 nitrogen and oxygen atoms in total. The summed E-state index contributed by atoms with van der Waals surface area (Å²) in [7, 11) is 3.20. The van der Waals surface area contributed by atoms with Crippen LogP contribution in [0.4, 0.5) is 5.69 Å². The van der Waals surface area contributed by atoms with Gasteiger partial charge < -0.3 is 19.5 Å². The quantitative estimate of drug-likeness (QED) is 0.523. The van der Waals surface area contributed by atoms with E-state index in [1.54, 1.807) is 44.6 Å². The summed E-state index contributed by atoms with van der Waals surface area (Å²) >= 11 is 0. The van der Waals surface area contributed by atoms with Crippen LogP contribution in [-0.4, -0.2) is 20.1 Å². The van der Waals surface area contributed by atoms with Crippen LogP contribution in [0.2, 0.25) is 0 Å². The molecule has 3 aromatic rings. The molecule has 3 aromatic carbocycles. The van der Waals surface area contributed by atoms with E-state index in [0.29, 0.717) is 23.8 Å². The Kier molecular flexibility index (Phi) is 7.11. The number of aryl methyl sites for hydroxylation is 1. The molecule has 0 bridgehead atoms. The van der Waals surface area contributed by atoms with Crippen molar-refractivity contribution in [1.82, 2.24) is 0 Å². The second-order valence-electron chi connectivity index (χ2n) is 6.68. The van der Waals surface area contributed by atoms with Gasteiger partial charge in [0.15, 0.2) is 11.5 Å². The molecule has 0 radical (unpaired) electrons. The lowest BCUT2D eigenvalue weighted by Crippen LogP contribution is -2.07. The van der Waals surface area contributed by atoms with E-state index in [1.165, 1.54) is 11.6 Å². The number of methoxy groups -OCH3 is 2. The highest BCUT2D eigenvalue weighted by Gasteiger charge is 2.07. The fourth-order valence-corrected chi connectivity index (χ4v) is 2.86. The Labute approximate surface area is 176 Å². The van der Waals surface area contributed by atoms with Crippen LogP contribution in [-0.2, 0) is 11.4 Å². The zero-order chi connectivity index (χ0) is 21.3. The minimum absolute atomic E-state index is 0.223. The number of rotatable bonds is 8. The number of benzene rings is 3. The number of nitrogens with one attached hydrogen (secondary N) is 1. The van der Waals surface area contributed by atoms with Gasteiger partial charge in [0, 0.05) is 11.8 Å². The van der Waals surface area contributed by atoms with Gasteiger partial charge in [0.1, 0.15) is 12.4 Å². The van der Waals surface area contributed by atoms with Gasteiger partial charge in [-0.2, -0.15) is 0 Å². The first kappa shape index (κ1) is 21.0. The second-order valence-corrected chi connectivity index (χ2v) is 6.68. The van der Waals surface area contributed by atoms with Crippen LogP contribution < -0.4 is 19.5 Å². The molecule has 0 atom stereocenters. The molecule has 0 saturated heterocycles. The Morgan fingerprint density at radius 2 is 1.70 bits per heavy atom. The summed E-state index contributed by atoms with van der Waals surface area (Å²) in [4.78, 5) is 12.2. The predicted octanol–water partition coefficient (Wildman–Crippen LogP) is 5.24. The largest absolute Gasteiger partial charge is 0.497 e. The molecule has 154 valence electrons. The van der Waals surface area contributed by atoms with E-state index in [4.69, 9.17) is 14.2 Å². The van der Waals surface area contributed by atoms with E-state index in [0.717, 1.165) is 16.9 Å². The van der Waals surface area contributed by atoms with Gasteiger partial charge in [0.05, 0.1) is 14.2 Å². The van der Waals surface area contributed by atoms with Gasteiger partial charge in [-0.1, -0.05) is 30.3 Å². The Hall–Kier alpha value is -3.73. The van der Waals surface area contributed by atoms with E-state index >= 15 is 0 Å². The average molecular weight is 403 g/mol. The zero-order valence-electron chi connectivity index (χ0n) is 17.3. The van der Waals surface area contributed by atoms with Crippen LogP contribution in [0.25, 0.3) is 6.08 Å². The Morgan fingerprint density at radius 1 is 0.933 bits per heavy atom. The Morgan fingerprint density at radius 3 is 2.40 bits per heavy atom. The number of ether oxygens (including phenoxy) is 3. The Balaban J connectivity index is 1.63. The number of carbonyl (C=O) groups excluding carboxylic acids is 1. The maximum Gasteiger partial charge on any atom is 0.248 e. The van der Waals surface area contributed by atoms with Gasteiger partial charge in [-0.15, -0.1) is 0 Å². The van der Waals surface area contributed by atoms with E-state index in [-0.39, 0.29) is 5.91 Å². The van der Waals surface area contributed by atoms with Crippen molar-refractivity contribution < 1.29 is 19.0 Å². The molecule has 30 heavy (non-hydrogen) atoms. The fourth-order valence-electron chi connectivity index (χ4n) is 2.86. The van der Waals surface area contributed by atoms with Crippen LogP contribution in [0.15, 0.2) is 72.8 Å². The van der Waals surface area contributed by atoms with E-state index < -0.39 is 0 Å². The van der Waals surface area contributed by atoms with Gasteiger partial charge >= 0.3 is 0 Å². The monoisotopic (exact) mass is 403 g/mol. The van der Waals surface area contributed by atoms with Crippen molar-refractivity contribution in [2.24, 2.45) is 0 Å². The molecule has 0 aliphatic heterocycles. The molecule has 0 unspecified atom stereocenters. The van der Waals surface area contributed by atoms with Crippen molar-refractivity contribution in [2.45, 2.75) is 13.5 Å². The van der Waals surface area contributed by atoms with Crippen LogP contribution in [0.5, 0.6) is 17.2 Å². The lowest BCUT2D eigenvalue weighted by molar-refractivity contribution is -0.111. The maximum atomic E-state index is 12.2. The van der Waals surface area contributed by atoms with Gasteiger partial charge in [0.2, 0.25) is 5.91 Å². The topological polar surface area (TPSA) is 56.8 Å². The highest BCUT2D eigenvalue weighted by Crippen LogP contribution is 2.29. The highest BCUT2D eigenvalue weighted by atomic mass is 16.5. The molecule has 0 aromatic heterocycles. The molecule has 0 spiro atoms. The summed E-state index contributed by atoms with van der Waals surface area (Å²) < 4.78 is 16.5. The number of amides is 1. The van der Waals surface area contributed by atoms with Crippen LogP contribution in [0.3, 0.4) is 0 Å². The molecule has 0 fully saturated rings. The zero-order valence-corrected chi connectivity index (χ0v) is 17.3. The molecule has 0 heterocycles. The van der Waals surface area contributed by atoms with Crippen molar-refractivity contribution in [3.8, 4) is 17.2 Å². The number of hydrogen-bond acceptors (Lipinski definition) is 4. The minimum Gasteiger partial charge on any atom is -0.497 e. The molecule has 5 heteroatoms. The summed E-state index contributed by atoms with van der Waals surface area (Å²) in [5.74, 6) is 1.78. The third-order valence-corrected chi connectivity index (χ3v) is 4.62. The van der Waals surface area contributed by atoms with Crippen LogP contribution >= 0.6 is 0 Å². The second kappa shape index (κ2) is 10.2. The fraction of sp³-hybridized carbons (Fsp3) is 0.160. The number of anilines is 1. The lowest BCUT2D eigenvalue weighted by atomic mass is 10.1. The van der Waals surface area contributed by atoms with E-state index in [9.17, 15) is 4.79 Å². The first-order valence-electron chi connectivity index (χ1n) is 9.57. The molecule has 0 aliphatic carbocycles. The first-order valence-corrected chi connectivity index (χ1v) is 9.57. The van der Waals surface area contributed by atoms with Gasteiger partial charge in [0.25, 0.3) is 0 Å². The minimum atomic E-state index is -0.223. The normalized spacial score (nSPS) is 10.6. The smallest absolute Gasteiger partial charge is 0.248 e. The summed E-state index contributed by atoms with van der Waals surface area (Å²) in [6.07, 6.45) is 3.21. The van der Waals surface area contributed by atoms with E-state index in [1.807, 2.05) is 36.4 Å². The molecule has 1 amide bonds. The third kappa shape index (κ3) is 5.64. The van der Waals surface area contributed by atoms with Gasteiger partial charge in [-0.05, 0) is 66.1 Å². The van der Waals surface area contributed by atoms with Crippen molar-refractivity contribution >= 4 is 17.7 Å². The predicted molar refractivity (Wildman–Crippen MR) is 119 cm³/mol. The average Bonchev–Trinajstić information content (AvgIpc) is 2.78. The summed E-state index contributed by atoms with van der Waals surface area (Å²) in [5.41, 5.74) is 3.83. The summed E-state index contributed by atoms with van der Waals surface area (Å²) in [5, 5.41) is 2.81. The summed E-state index contributed by atoms with van der Waals surface area (Å²) in [6, 6.07) is 20.8. The van der Waals surface area contributed by atoms with Crippen LogP contribution in [0.1, 0.15) is 16.7 Å². The first-order chi connectivity index (χ1) is 14.6. The van der Waals surface area contributed by atoms with Crippen molar-refractivity contribution in [1.29, 1.82) is 0 Å². The van der Waals surface area contributed by atoms with Gasteiger partial charge in [-0.25, -0.2) is 0 Å². The summed E-state index contributed by atoms with van der Waals surface area (Å²) in [6.45, 7) is 2.52. The highest BCUT2D eigenvalue weighted by molar-refractivity contribution is 6.01. The standard InChI is InChI=1S/C25H25NO4/c1-18-6-4-5-7-20(18)17-30-23-14-8-19(16-24(23)29-3)9-15-25(27)26-21-10-12-22(28-2)13-11-21/h4-16H,17H2,1-3H3,(H,26,27). The SMILES string of the molecule is COc1ccc(NC(=O)C=Cc2ccc(OCc3ccccc3C)c(OC)c2)cc1. The Bertz CT molecular complexity index is 1030. The molecule has 3 rings (SSSR count). The van der Waals surface area contributed by atoms with Gasteiger partial charge in [-0.3, -0.25) is 4.79 Å². The molecule has 0 saturated carbocycles. The molecule has 0 aliphatic rings. The number of carbonyl (C=O) groups is 1. The lowest BCUT2D eigenvalue weighted by Gasteiger charge is -2.12. The van der Waals surface area contributed by atoms with Crippen molar-refractivity contribution in [3.63, 3.8) is 0 Å². The molecule has 1 N–H and O–H groups in total. The van der Waals surface area contributed by atoms with Crippen molar-refractivity contribution in [3.05, 3.63) is 89.5 Å². The van der Waals surface area contributed by atoms with E-state index in [2.05, 4.69) is 18.3 Å². The molecular formula is C25H25NO4. The van der Waals surface area contributed by atoms with Crippen molar-refractivity contribution in [2.75, 3.05) is 19.5 Å². The molecular weight excluding hydrogens is 378 g/mol. The number of hydrogen-bond donors (Lipinski definition) is 1. The third-order valence-electron chi connectivity index (χ3n) is 4.62. The van der Waals surface area contributed by atoms with Crippen LogP contribution in [0, 0.1) is 6.92 Å².